The number of carbonyl (C=O) groups excluding carboxylic acids is 3. The lowest BCUT2D eigenvalue weighted by atomic mass is 10.1. The molecule has 1 aliphatic rings. The Morgan fingerprint density at radius 2 is 1.76 bits per heavy atom. The number of imide groups is 2. The van der Waals surface area contributed by atoms with Crippen molar-refractivity contribution in [3.8, 4) is 0 Å². The minimum absolute atomic E-state index is 0.111. The number of amides is 4. The quantitative estimate of drug-likeness (QED) is 0.356. The minimum atomic E-state index is -0.809. The summed E-state index contributed by atoms with van der Waals surface area (Å²) in [5, 5.41) is 4.02. The Morgan fingerprint density at radius 1 is 1.18 bits per heavy atom. The molecule has 1 fully saturated rings. The molecule has 17 heavy (non-hydrogen) atoms. The number of rotatable bonds is 5. The maximum atomic E-state index is 11.5. The molecular weight excluding hydrogens is 226 g/mol. The molecule has 1 saturated heterocycles. The summed E-state index contributed by atoms with van der Waals surface area (Å²) in [4.78, 5) is 39.0. The van der Waals surface area contributed by atoms with Gasteiger partial charge in [0.05, 0.1) is 12.3 Å². The Balaban J connectivity index is 2.98. The summed E-state index contributed by atoms with van der Waals surface area (Å²) < 4.78 is 0. The number of allylic oxidation sites excluding steroid dienone is 1. The van der Waals surface area contributed by atoms with Gasteiger partial charge in [-0.05, 0) is 13.3 Å². The van der Waals surface area contributed by atoms with E-state index in [0.717, 1.165) is 6.42 Å². The van der Waals surface area contributed by atoms with Crippen LogP contribution in [0, 0.1) is 0 Å². The highest BCUT2D eigenvalue weighted by Crippen LogP contribution is 2.11. The average molecular weight is 241 g/mol. The summed E-state index contributed by atoms with van der Waals surface area (Å²) >= 11 is 0. The number of hydrogen-bond donors (Lipinski definition) is 3. The van der Waals surface area contributed by atoms with E-state index in [-0.39, 0.29) is 5.57 Å². The van der Waals surface area contributed by atoms with Crippen LogP contribution >= 0.6 is 0 Å². The van der Waals surface area contributed by atoms with Crippen molar-refractivity contribution in [3.05, 3.63) is 11.3 Å². The van der Waals surface area contributed by atoms with Crippen LogP contribution in [0.4, 0.5) is 4.79 Å². The third-order valence-electron chi connectivity index (χ3n) is 2.05. The summed E-state index contributed by atoms with van der Waals surface area (Å²) in [5.41, 5.74) is 2.82. The Hall–Kier alpha value is -1.89. The van der Waals surface area contributed by atoms with Crippen molar-refractivity contribution in [1.29, 1.82) is 0 Å². The molecule has 1 rings (SSSR count). The van der Waals surface area contributed by atoms with Gasteiger partial charge >= 0.3 is 6.03 Å². The van der Waals surface area contributed by atoms with Gasteiger partial charge in [0, 0.05) is 0 Å². The fourth-order valence-corrected chi connectivity index (χ4v) is 1.38. The Labute approximate surface area is 98.5 Å². The fourth-order valence-electron chi connectivity index (χ4n) is 1.38. The van der Waals surface area contributed by atoms with Crippen LogP contribution in [0.25, 0.3) is 0 Å². The first-order chi connectivity index (χ1) is 8.10. The van der Waals surface area contributed by atoms with Gasteiger partial charge in [0.15, 0.2) is 0 Å². The second kappa shape index (κ2) is 6.00. The Bertz CT molecular complexity index is 354. The summed E-state index contributed by atoms with van der Waals surface area (Å²) in [5.74, 6) is -1.43. The van der Waals surface area contributed by atoms with Crippen molar-refractivity contribution >= 4 is 17.8 Å². The van der Waals surface area contributed by atoms with Crippen molar-refractivity contribution in [1.82, 2.24) is 16.1 Å². The maximum Gasteiger partial charge on any atom is 0.328 e. The molecule has 0 aromatic rings. The van der Waals surface area contributed by atoms with Crippen molar-refractivity contribution in [2.45, 2.75) is 26.7 Å². The van der Waals surface area contributed by atoms with Gasteiger partial charge in [0.2, 0.25) is 0 Å². The SMILES string of the molecule is CCCC(NOCC)=C1C(=O)NC(=O)NC1=O. The van der Waals surface area contributed by atoms with E-state index in [4.69, 9.17) is 4.84 Å². The topological polar surface area (TPSA) is 96.5 Å². The van der Waals surface area contributed by atoms with E-state index in [1.165, 1.54) is 0 Å². The summed E-state index contributed by atoms with van der Waals surface area (Å²) in [6.07, 6.45) is 1.21. The summed E-state index contributed by atoms with van der Waals surface area (Å²) in [6.45, 7) is 4.06. The predicted molar refractivity (Wildman–Crippen MR) is 58.4 cm³/mol. The molecule has 7 nitrogen and oxygen atoms in total. The number of nitrogens with one attached hydrogen (secondary N) is 3. The standard InChI is InChI=1S/C10H15N3O4/c1-3-5-6(13-17-4-2)7-8(14)11-10(16)12-9(7)15/h13H,3-5H2,1-2H3,(H2,11,12,14,15,16). The molecule has 0 atom stereocenters. The highest BCUT2D eigenvalue weighted by molar-refractivity contribution is 6.29. The summed E-state index contributed by atoms with van der Waals surface area (Å²) in [6, 6.07) is -0.809. The van der Waals surface area contributed by atoms with Gasteiger partial charge in [0.1, 0.15) is 5.57 Å². The highest BCUT2D eigenvalue weighted by atomic mass is 16.6. The number of carbonyl (C=O) groups is 3. The smallest absolute Gasteiger partial charge is 0.277 e. The predicted octanol–water partition coefficient (Wildman–Crippen LogP) is -0.0523. The van der Waals surface area contributed by atoms with Gasteiger partial charge in [-0.15, -0.1) is 0 Å². The Kier molecular flexibility index (Phi) is 4.65. The van der Waals surface area contributed by atoms with Gasteiger partial charge in [-0.1, -0.05) is 13.3 Å². The molecule has 3 N–H and O–H groups in total. The van der Waals surface area contributed by atoms with Crippen molar-refractivity contribution in [3.63, 3.8) is 0 Å². The zero-order valence-corrected chi connectivity index (χ0v) is 9.75. The van der Waals surface area contributed by atoms with Crippen LogP contribution in [0.3, 0.4) is 0 Å². The first kappa shape index (κ1) is 13.2. The third kappa shape index (κ3) is 3.28. The van der Waals surface area contributed by atoms with Crippen molar-refractivity contribution < 1.29 is 19.2 Å². The minimum Gasteiger partial charge on any atom is -0.277 e. The highest BCUT2D eigenvalue weighted by Gasteiger charge is 2.30. The van der Waals surface area contributed by atoms with Gasteiger partial charge in [-0.2, -0.15) is 0 Å². The van der Waals surface area contributed by atoms with Gasteiger partial charge in [-0.25, -0.2) is 4.79 Å². The van der Waals surface area contributed by atoms with E-state index >= 15 is 0 Å². The number of barbiturate groups is 1. The first-order valence-electron chi connectivity index (χ1n) is 5.37. The molecule has 0 unspecified atom stereocenters. The molecule has 4 amide bonds. The van der Waals surface area contributed by atoms with E-state index in [1.54, 1.807) is 6.92 Å². The van der Waals surface area contributed by atoms with Crippen LogP contribution < -0.4 is 16.1 Å². The van der Waals surface area contributed by atoms with E-state index in [1.807, 2.05) is 17.6 Å². The van der Waals surface area contributed by atoms with E-state index < -0.39 is 17.8 Å². The van der Waals surface area contributed by atoms with Crippen molar-refractivity contribution in [2.75, 3.05) is 6.61 Å². The third-order valence-corrected chi connectivity index (χ3v) is 2.05. The van der Waals surface area contributed by atoms with E-state index in [0.29, 0.717) is 18.7 Å². The zero-order chi connectivity index (χ0) is 12.8. The van der Waals surface area contributed by atoms with Crippen molar-refractivity contribution in [2.24, 2.45) is 0 Å². The summed E-state index contributed by atoms with van der Waals surface area (Å²) in [7, 11) is 0. The van der Waals surface area contributed by atoms with Crippen LogP contribution in [0.1, 0.15) is 26.7 Å². The molecule has 0 bridgehead atoms. The monoisotopic (exact) mass is 241 g/mol. The Morgan fingerprint density at radius 3 is 2.24 bits per heavy atom. The largest absolute Gasteiger partial charge is 0.328 e. The molecule has 0 aromatic heterocycles. The van der Waals surface area contributed by atoms with Gasteiger partial charge < -0.3 is 0 Å². The zero-order valence-electron chi connectivity index (χ0n) is 9.75. The molecule has 1 aliphatic heterocycles. The number of hydrogen-bond acceptors (Lipinski definition) is 5. The van der Waals surface area contributed by atoms with Gasteiger partial charge in [-0.3, -0.25) is 30.5 Å². The second-order valence-corrected chi connectivity index (χ2v) is 3.38. The van der Waals surface area contributed by atoms with E-state index in [9.17, 15) is 14.4 Å². The van der Waals surface area contributed by atoms with Gasteiger partial charge in [0.25, 0.3) is 11.8 Å². The van der Waals surface area contributed by atoms with Crippen LogP contribution in [-0.2, 0) is 14.4 Å². The van der Waals surface area contributed by atoms with Crippen LogP contribution in [-0.4, -0.2) is 24.5 Å². The lowest BCUT2D eigenvalue weighted by molar-refractivity contribution is -0.124. The van der Waals surface area contributed by atoms with Crippen LogP contribution in [0.5, 0.6) is 0 Å². The molecule has 1 heterocycles. The molecular formula is C10H15N3O4. The molecule has 0 radical (unpaired) electrons. The van der Waals surface area contributed by atoms with Crippen LogP contribution in [0.2, 0.25) is 0 Å². The lowest BCUT2D eigenvalue weighted by Crippen LogP contribution is -2.52. The fraction of sp³-hybridized carbons (Fsp3) is 0.500. The van der Waals surface area contributed by atoms with Crippen LogP contribution in [0.15, 0.2) is 11.3 Å². The molecule has 0 saturated carbocycles. The maximum absolute atomic E-state index is 11.5. The molecule has 0 spiro atoms. The van der Waals surface area contributed by atoms with E-state index in [2.05, 4.69) is 5.48 Å². The second-order valence-electron chi connectivity index (χ2n) is 3.38. The number of hydroxylamine groups is 1. The average Bonchev–Trinajstić information content (AvgIpc) is 2.24. The first-order valence-corrected chi connectivity index (χ1v) is 5.37. The lowest BCUT2D eigenvalue weighted by Gasteiger charge is -2.18. The molecule has 7 heteroatoms. The molecule has 0 aliphatic carbocycles. The normalized spacial score (nSPS) is 15.4. The number of urea groups is 1. The molecule has 0 aromatic carbocycles. The molecule has 94 valence electrons.